The van der Waals surface area contributed by atoms with Crippen LogP contribution in [0, 0.1) is 17.6 Å². The number of methoxy groups -OCH3 is 1. The first kappa shape index (κ1) is 20.7. The van der Waals surface area contributed by atoms with Crippen molar-refractivity contribution in [2.24, 2.45) is 5.92 Å². The molecular weight excluding hydrogens is 386 g/mol. The van der Waals surface area contributed by atoms with Crippen molar-refractivity contribution in [2.45, 2.75) is 38.7 Å². The molecule has 4 nitrogen and oxygen atoms in total. The topological polar surface area (TPSA) is 44.8 Å². The Morgan fingerprint density at radius 3 is 2.54 bits per heavy atom. The van der Waals surface area contributed by atoms with E-state index in [0.29, 0.717) is 24.5 Å². The first-order valence-electron chi connectivity index (χ1n) is 9.42. The van der Waals surface area contributed by atoms with Crippen molar-refractivity contribution >= 4 is 17.3 Å². The predicted octanol–water partition coefficient (Wildman–Crippen LogP) is 5.51. The molecule has 28 heavy (non-hydrogen) atoms. The van der Waals surface area contributed by atoms with Crippen molar-refractivity contribution in [3.05, 3.63) is 40.1 Å². The molecule has 1 aliphatic carbocycles. The molecule has 0 radical (unpaired) electrons. The minimum Gasteiger partial charge on any atom is -0.488 e. The third-order valence-corrected chi connectivity index (χ3v) is 5.61. The van der Waals surface area contributed by atoms with Gasteiger partial charge in [0.1, 0.15) is 0 Å². The molecule has 152 valence electrons. The summed E-state index contributed by atoms with van der Waals surface area (Å²) in [6.07, 6.45) is 2.82. The third-order valence-electron chi connectivity index (χ3n) is 4.61. The van der Waals surface area contributed by atoms with Gasteiger partial charge >= 0.3 is 5.97 Å². The van der Waals surface area contributed by atoms with Gasteiger partial charge in [0, 0.05) is 18.4 Å². The van der Waals surface area contributed by atoms with E-state index < -0.39 is 17.4 Å². The summed E-state index contributed by atoms with van der Waals surface area (Å²) in [5.41, 5.74) is 1.22. The molecule has 7 heteroatoms. The molecular formula is C21H24F2O4S. The molecule has 0 amide bonds. The van der Waals surface area contributed by atoms with E-state index in [-0.39, 0.29) is 25.1 Å². The molecule has 1 heterocycles. The van der Waals surface area contributed by atoms with Crippen molar-refractivity contribution in [3.8, 4) is 16.9 Å². The molecule has 0 bridgehead atoms. The van der Waals surface area contributed by atoms with Crippen LogP contribution in [0.15, 0.2) is 23.6 Å². The Morgan fingerprint density at radius 2 is 1.93 bits per heavy atom. The van der Waals surface area contributed by atoms with Gasteiger partial charge in [0.2, 0.25) is 0 Å². The summed E-state index contributed by atoms with van der Waals surface area (Å²) in [5, 5.41) is 1.89. The van der Waals surface area contributed by atoms with Crippen molar-refractivity contribution in [3.63, 3.8) is 0 Å². The number of rotatable bonds is 10. The van der Waals surface area contributed by atoms with E-state index in [4.69, 9.17) is 14.2 Å². The molecule has 1 atom stereocenters. The van der Waals surface area contributed by atoms with Crippen LogP contribution in [0.1, 0.15) is 43.6 Å². The van der Waals surface area contributed by atoms with Gasteiger partial charge in [-0.15, -0.1) is 11.3 Å². The Labute approximate surface area is 167 Å². The van der Waals surface area contributed by atoms with Crippen LogP contribution in [-0.2, 0) is 14.3 Å². The molecule has 0 aliphatic heterocycles. The molecule has 1 aromatic carbocycles. The number of halogens is 2. The molecule has 0 spiro atoms. The second-order valence-electron chi connectivity index (χ2n) is 6.76. The maximum atomic E-state index is 14.4. The highest BCUT2D eigenvalue weighted by Gasteiger charge is 2.33. The number of thiophene rings is 1. The first-order valence-corrected chi connectivity index (χ1v) is 10.3. The summed E-state index contributed by atoms with van der Waals surface area (Å²) in [7, 11) is 1.69. The number of ether oxygens (including phenoxy) is 3. The van der Waals surface area contributed by atoms with Crippen molar-refractivity contribution in [1.82, 2.24) is 0 Å². The predicted molar refractivity (Wildman–Crippen MR) is 104 cm³/mol. The lowest BCUT2D eigenvalue weighted by molar-refractivity contribution is -0.143. The van der Waals surface area contributed by atoms with E-state index in [2.05, 4.69) is 0 Å². The van der Waals surface area contributed by atoms with Crippen LogP contribution in [0.2, 0.25) is 0 Å². The molecule has 0 N–H and O–H groups in total. The van der Waals surface area contributed by atoms with E-state index in [1.54, 1.807) is 14.0 Å². The van der Waals surface area contributed by atoms with E-state index in [1.807, 2.05) is 11.4 Å². The normalized spacial score (nSPS) is 14.7. The zero-order chi connectivity index (χ0) is 20.1. The SMILES string of the molecule is CCOC(=O)CCCOc1c(F)cc(-c2csc(C(OC)C3CC3)c2)cc1F. The summed E-state index contributed by atoms with van der Waals surface area (Å²) in [6.45, 7) is 2.06. The maximum Gasteiger partial charge on any atom is 0.305 e. The fourth-order valence-electron chi connectivity index (χ4n) is 3.08. The second kappa shape index (κ2) is 9.47. The molecule has 1 aromatic heterocycles. The Bertz CT molecular complexity index is 793. The molecule has 1 unspecified atom stereocenters. The molecule has 3 rings (SSSR count). The van der Waals surface area contributed by atoms with Crippen LogP contribution in [0.5, 0.6) is 5.75 Å². The summed E-state index contributed by atoms with van der Waals surface area (Å²) in [5.74, 6) is -1.75. The molecule has 1 saturated carbocycles. The summed E-state index contributed by atoms with van der Waals surface area (Å²) in [6, 6.07) is 4.48. The summed E-state index contributed by atoms with van der Waals surface area (Å²) >= 11 is 1.54. The summed E-state index contributed by atoms with van der Waals surface area (Å²) < 4.78 is 44.4. The van der Waals surface area contributed by atoms with E-state index in [9.17, 15) is 13.6 Å². The average Bonchev–Trinajstić information content (AvgIpc) is 3.37. The molecule has 0 saturated heterocycles. The lowest BCUT2D eigenvalue weighted by Crippen LogP contribution is -2.08. The van der Waals surface area contributed by atoms with Crippen LogP contribution in [-0.4, -0.2) is 26.3 Å². The lowest BCUT2D eigenvalue weighted by Gasteiger charge is -2.12. The average molecular weight is 410 g/mol. The van der Waals surface area contributed by atoms with Crippen LogP contribution in [0.3, 0.4) is 0 Å². The lowest BCUT2D eigenvalue weighted by atomic mass is 10.1. The summed E-state index contributed by atoms with van der Waals surface area (Å²) in [4.78, 5) is 12.3. The number of hydrogen-bond donors (Lipinski definition) is 0. The van der Waals surface area contributed by atoms with Crippen molar-refractivity contribution < 1.29 is 27.8 Å². The van der Waals surface area contributed by atoms with Gasteiger partial charge in [-0.2, -0.15) is 0 Å². The van der Waals surface area contributed by atoms with Crippen molar-refractivity contribution in [1.29, 1.82) is 0 Å². The van der Waals surface area contributed by atoms with Gasteiger partial charge in [-0.05, 0) is 66.8 Å². The van der Waals surface area contributed by atoms with Crippen LogP contribution in [0.4, 0.5) is 8.78 Å². The zero-order valence-corrected chi connectivity index (χ0v) is 16.8. The zero-order valence-electron chi connectivity index (χ0n) is 16.0. The van der Waals surface area contributed by atoms with Gasteiger partial charge in [-0.25, -0.2) is 8.78 Å². The Morgan fingerprint density at radius 1 is 1.21 bits per heavy atom. The van der Waals surface area contributed by atoms with Gasteiger partial charge < -0.3 is 14.2 Å². The Kier molecular flexibility index (Phi) is 7.02. The monoisotopic (exact) mass is 410 g/mol. The smallest absolute Gasteiger partial charge is 0.305 e. The highest BCUT2D eigenvalue weighted by Crippen LogP contribution is 2.45. The van der Waals surface area contributed by atoms with Gasteiger partial charge in [0.25, 0.3) is 0 Å². The van der Waals surface area contributed by atoms with Crippen LogP contribution >= 0.6 is 11.3 Å². The molecule has 1 fully saturated rings. The van der Waals surface area contributed by atoms with Gasteiger partial charge in [0.05, 0.1) is 19.3 Å². The number of esters is 1. The first-order chi connectivity index (χ1) is 13.5. The Hall–Kier alpha value is -1.99. The van der Waals surface area contributed by atoms with E-state index >= 15 is 0 Å². The standard InChI is InChI=1S/C21H24F2O4S/c1-3-26-19(24)5-4-8-27-21-16(22)9-14(10-17(21)23)15-11-18(28-12-15)20(25-2)13-6-7-13/h9-13,20H,3-8H2,1-2H3. The van der Waals surface area contributed by atoms with Gasteiger partial charge in [0.15, 0.2) is 17.4 Å². The quantitative estimate of drug-likeness (QED) is 0.383. The minimum atomic E-state index is -0.760. The fourth-order valence-corrected chi connectivity index (χ4v) is 4.17. The van der Waals surface area contributed by atoms with Crippen LogP contribution in [0.25, 0.3) is 11.1 Å². The highest BCUT2D eigenvalue weighted by molar-refractivity contribution is 7.10. The van der Waals surface area contributed by atoms with E-state index in [0.717, 1.165) is 23.3 Å². The second-order valence-corrected chi connectivity index (χ2v) is 7.70. The molecule has 1 aliphatic rings. The number of carbonyl (C=O) groups excluding carboxylic acids is 1. The minimum absolute atomic E-state index is 0.0332. The van der Waals surface area contributed by atoms with Crippen LogP contribution < -0.4 is 4.74 Å². The Balaban J connectivity index is 1.65. The maximum absolute atomic E-state index is 14.4. The van der Waals surface area contributed by atoms with E-state index in [1.165, 1.54) is 23.5 Å². The van der Waals surface area contributed by atoms with Gasteiger partial charge in [-0.1, -0.05) is 0 Å². The molecule has 2 aromatic rings. The fraction of sp³-hybridized carbons (Fsp3) is 0.476. The van der Waals surface area contributed by atoms with Crippen molar-refractivity contribution in [2.75, 3.05) is 20.3 Å². The largest absolute Gasteiger partial charge is 0.488 e. The number of carbonyl (C=O) groups is 1. The highest BCUT2D eigenvalue weighted by atomic mass is 32.1. The number of hydrogen-bond acceptors (Lipinski definition) is 5. The number of benzene rings is 1. The van der Waals surface area contributed by atoms with Gasteiger partial charge in [-0.3, -0.25) is 4.79 Å². The third kappa shape index (κ3) is 5.08.